The van der Waals surface area contributed by atoms with E-state index in [1.54, 1.807) is 0 Å². The number of carbonyl (C=O) groups excluding carboxylic acids is 2. The molecular formula is C13H8F3N3O3. The summed E-state index contributed by atoms with van der Waals surface area (Å²) in [6.07, 6.45) is -3.42. The number of ketones is 1. The molecule has 0 radical (unpaired) electrons. The molecule has 0 amide bonds. The van der Waals surface area contributed by atoms with Gasteiger partial charge < -0.3 is 9.72 Å². The van der Waals surface area contributed by atoms with Crippen molar-refractivity contribution in [2.24, 2.45) is 10.2 Å². The molecule has 6 nitrogen and oxygen atoms in total. The Morgan fingerprint density at radius 3 is 2.50 bits per heavy atom. The second-order valence-electron chi connectivity index (χ2n) is 4.65. The second-order valence-corrected chi connectivity index (χ2v) is 4.65. The van der Waals surface area contributed by atoms with Crippen LogP contribution < -0.4 is 0 Å². The Hall–Kier alpha value is -2.71. The number of nitrogens with zero attached hydrogens (tertiary/aromatic N) is 2. The van der Waals surface area contributed by atoms with Gasteiger partial charge in [-0.15, -0.1) is 10.2 Å². The summed E-state index contributed by atoms with van der Waals surface area (Å²) in [5.74, 6) is -2.05. The minimum atomic E-state index is -4.66. The third-order valence-electron chi connectivity index (χ3n) is 3.39. The topological polar surface area (TPSA) is 83.9 Å². The van der Waals surface area contributed by atoms with Crippen LogP contribution in [0.25, 0.3) is 10.9 Å². The van der Waals surface area contributed by atoms with E-state index >= 15 is 0 Å². The van der Waals surface area contributed by atoms with Crippen LogP contribution in [-0.4, -0.2) is 30.0 Å². The summed E-state index contributed by atoms with van der Waals surface area (Å²) in [5.41, 5.74) is -2.45. The molecule has 114 valence electrons. The van der Waals surface area contributed by atoms with Crippen molar-refractivity contribution in [3.63, 3.8) is 0 Å². The van der Waals surface area contributed by atoms with Crippen molar-refractivity contribution in [1.82, 2.24) is 4.98 Å². The van der Waals surface area contributed by atoms with Crippen LogP contribution >= 0.6 is 0 Å². The number of hydrogen-bond donors (Lipinski definition) is 1. The third kappa shape index (κ3) is 1.89. The van der Waals surface area contributed by atoms with Gasteiger partial charge in [0.25, 0.3) is 5.78 Å². The molecule has 1 aromatic carbocycles. The van der Waals surface area contributed by atoms with E-state index in [4.69, 9.17) is 0 Å². The molecule has 1 aliphatic rings. The van der Waals surface area contributed by atoms with Crippen molar-refractivity contribution in [2.75, 3.05) is 7.11 Å². The van der Waals surface area contributed by atoms with E-state index in [9.17, 15) is 22.8 Å². The number of ether oxygens (including phenoxy) is 1. The lowest BCUT2D eigenvalue weighted by Crippen LogP contribution is -2.30. The number of aromatic nitrogens is 1. The number of hydrogen-bond acceptors (Lipinski definition) is 5. The van der Waals surface area contributed by atoms with Crippen LogP contribution in [0.3, 0.4) is 0 Å². The molecule has 0 aliphatic carbocycles. The summed E-state index contributed by atoms with van der Waals surface area (Å²) in [6, 6.07) is 3.74. The quantitative estimate of drug-likeness (QED) is 0.537. The number of esters is 1. The fourth-order valence-corrected chi connectivity index (χ4v) is 2.17. The Labute approximate surface area is 121 Å². The molecule has 0 fully saturated rings. The number of methoxy groups -OCH3 is 1. The van der Waals surface area contributed by atoms with E-state index in [2.05, 4.69) is 19.9 Å². The molecule has 9 heteroatoms. The van der Waals surface area contributed by atoms with Crippen molar-refractivity contribution >= 4 is 22.7 Å². The summed E-state index contributed by atoms with van der Waals surface area (Å²) < 4.78 is 43.4. The number of halogens is 3. The van der Waals surface area contributed by atoms with Crippen molar-refractivity contribution < 1.29 is 27.5 Å². The third-order valence-corrected chi connectivity index (χ3v) is 3.39. The maximum Gasteiger partial charge on any atom is 0.442 e. The minimum Gasteiger partial charge on any atom is -0.463 e. The van der Waals surface area contributed by atoms with E-state index in [1.165, 1.54) is 18.3 Å². The van der Waals surface area contributed by atoms with Crippen molar-refractivity contribution in [1.29, 1.82) is 0 Å². The molecule has 0 unspecified atom stereocenters. The number of benzene rings is 1. The average molecular weight is 311 g/mol. The van der Waals surface area contributed by atoms with Gasteiger partial charge in [0.15, 0.2) is 0 Å². The van der Waals surface area contributed by atoms with Crippen LogP contribution in [0.1, 0.15) is 15.9 Å². The predicted octanol–water partition coefficient (Wildman–Crippen LogP) is 2.70. The standard InChI is InChI=1S/C13H8F3N3O3/c1-22-11(21)10(20)8-5-17-9-3-2-6(4-7(8)9)12(18-19-12)13(14,15)16/h2-5,17H,1H3. The minimum absolute atomic E-state index is 0.0679. The van der Waals surface area contributed by atoms with Gasteiger partial charge in [0.1, 0.15) is 0 Å². The van der Waals surface area contributed by atoms with Crippen LogP contribution in [0, 0.1) is 0 Å². The van der Waals surface area contributed by atoms with Crippen LogP contribution in [0.2, 0.25) is 0 Å². The summed E-state index contributed by atoms with van der Waals surface area (Å²) in [6.45, 7) is 0. The lowest BCUT2D eigenvalue weighted by atomic mass is 9.99. The number of aromatic amines is 1. The highest BCUT2D eigenvalue weighted by Crippen LogP contribution is 2.52. The number of alkyl halides is 3. The molecule has 22 heavy (non-hydrogen) atoms. The zero-order valence-electron chi connectivity index (χ0n) is 11.1. The largest absolute Gasteiger partial charge is 0.463 e. The first-order chi connectivity index (χ1) is 10.3. The van der Waals surface area contributed by atoms with Gasteiger partial charge in [0, 0.05) is 22.7 Å². The predicted molar refractivity (Wildman–Crippen MR) is 67.2 cm³/mol. The lowest BCUT2D eigenvalue weighted by Gasteiger charge is -2.14. The summed E-state index contributed by atoms with van der Waals surface area (Å²) in [5, 5.41) is 6.39. The number of Topliss-reactive ketones (excluding diaryl/α,β-unsaturated/α-hetero) is 1. The van der Waals surface area contributed by atoms with Crippen LogP contribution in [0.5, 0.6) is 0 Å². The number of H-pyrrole nitrogens is 1. The molecule has 0 saturated carbocycles. The zero-order valence-corrected chi connectivity index (χ0v) is 11.1. The lowest BCUT2D eigenvalue weighted by molar-refractivity contribution is -0.166. The molecule has 0 atom stereocenters. The van der Waals surface area contributed by atoms with Crippen LogP contribution in [0.4, 0.5) is 13.2 Å². The van der Waals surface area contributed by atoms with Gasteiger partial charge in [-0.25, -0.2) is 4.79 Å². The van der Waals surface area contributed by atoms with E-state index in [0.717, 1.165) is 13.2 Å². The summed E-state index contributed by atoms with van der Waals surface area (Å²) in [7, 11) is 1.04. The second kappa shape index (κ2) is 4.39. The Balaban J connectivity index is 2.11. The molecular weight excluding hydrogens is 303 g/mol. The van der Waals surface area contributed by atoms with Crippen molar-refractivity contribution in [3.05, 3.63) is 35.5 Å². The van der Waals surface area contributed by atoms with Gasteiger partial charge in [-0.3, -0.25) is 4.79 Å². The zero-order chi connectivity index (χ0) is 16.1. The monoisotopic (exact) mass is 311 g/mol. The van der Waals surface area contributed by atoms with E-state index in [0.29, 0.717) is 5.52 Å². The molecule has 1 aliphatic heterocycles. The van der Waals surface area contributed by atoms with Gasteiger partial charge in [-0.1, -0.05) is 6.07 Å². The van der Waals surface area contributed by atoms with Crippen molar-refractivity contribution in [2.45, 2.75) is 11.8 Å². The first-order valence-corrected chi connectivity index (χ1v) is 6.05. The maximum atomic E-state index is 13.0. The number of carbonyl (C=O) groups is 2. The molecule has 0 saturated heterocycles. The molecule has 0 spiro atoms. The smallest absolute Gasteiger partial charge is 0.442 e. The summed E-state index contributed by atoms with van der Waals surface area (Å²) >= 11 is 0. The SMILES string of the molecule is COC(=O)C(=O)c1c[nH]c2ccc(C3(C(F)(F)F)N=N3)cc12. The highest BCUT2D eigenvalue weighted by molar-refractivity contribution is 6.42. The van der Waals surface area contributed by atoms with Crippen LogP contribution in [-0.2, 0) is 15.2 Å². The summed E-state index contributed by atoms with van der Waals surface area (Å²) in [4.78, 5) is 25.9. The van der Waals surface area contributed by atoms with Gasteiger partial charge in [0.05, 0.1) is 12.7 Å². The normalized spacial score (nSPS) is 15.8. The Bertz CT molecular complexity index is 817. The first kappa shape index (κ1) is 14.2. The van der Waals surface area contributed by atoms with Gasteiger partial charge >= 0.3 is 17.8 Å². The van der Waals surface area contributed by atoms with E-state index in [1.807, 2.05) is 0 Å². The number of fused-ring (bicyclic) bond motifs is 1. The molecule has 1 N–H and O–H groups in total. The molecule has 0 bridgehead atoms. The molecule has 1 aromatic heterocycles. The number of nitrogens with one attached hydrogen (secondary N) is 1. The molecule has 3 rings (SSSR count). The Kier molecular flexibility index (Phi) is 2.84. The van der Waals surface area contributed by atoms with Gasteiger partial charge in [-0.05, 0) is 12.1 Å². The highest BCUT2D eigenvalue weighted by Gasteiger charge is 2.65. The average Bonchev–Trinajstić information content (AvgIpc) is 3.20. The van der Waals surface area contributed by atoms with E-state index in [-0.39, 0.29) is 16.5 Å². The molecule has 2 heterocycles. The van der Waals surface area contributed by atoms with Gasteiger partial charge in [-0.2, -0.15) is 13.2 Å². The van der Waals surface area contributed by atoms with Gasteiger partial charge in [0.2, 0.25) is 0 Å². The fourth-order valence-electron chi connectivity index (χ4n) is 2.17. The maximum absolute atomic E-state index is 13.0. The van der Waals surface area contributed by atoms with E-state index < -0.39 is 23.6 Å². The van der Waals surface area contributed by atoms with Crippen molar-refractivity contribution in [3.8, 4) is 0 Å². The highest BCUT2D eigenvalue weighted by atomic mass is 19.4. The Morgan fingerprint density at radius 1 is 1.27 bits per heavy atom. The fraction of sp³-hybridized carbons (Fsp3) is 0.231. The molecule has 2 aromatic rings. The first-order valence-electron chi connectivity index (χ1n) is 6.05. The van der Waals surface area contributed by atoms with Crippen LogP contribution in [0.15, 0.2) is 34.6 Å². The Morgan fingerprint density at radius 2 is 1.95 bits per heavy atom. The number of rotatable bonds is 3.